The number of rotatable bonds is 11. The molecule has 0 spiro atoms. The van der Waals surface area contributed by atoms with E-state index in [1.54, 1.807) is 19.2 Å². The number of aryl methyl sites for hydroxylation is 1. The molecule has 8 nitrogen and oxygen atoms in total. The zero-order valence-corrected chi connectivity index (χ0v) is 26.6. The van der Waals surface area contributed by atoms with E-state index in [1.807, 2.05) is 47.6 Å². The van der Waals surface area contributed by atoms with Crippen LogP contribution in [0.3, 0.4) is 0 Å². The lowest BCUT2D eigenvalue weighted by atomic mass is 10.1. The fourth-order valence-corrected chi connectivity index (χ4v) is 4.36. The largest absolute Gasteiger partial charge is 0.377 e. The molecule has 0 aliphatic carbocycles. The molecule has 1 aromatic heterocycles. The Balaban J connectivity index is 0. The van der Waals surface area contributed by atoms with Gasteiger partial charge in [0.2, 0.25) is 11.8 Å². The molecule has 0 radical (unpaired) electrons. The normalized spacial score (nSPS) is 16.0. The number of nitrogens with zero attached hydrogens (tertiary/aromatic N) is 2. The van der Waals surface area contributed by atoms with Gasteiger partial charge in [-0.1, -0.05) is 54.2 Å². The van der Waals surface area contributed by atoms with Crippen LogP contribution in [0.5, 0.6) is 0 Å². The van der Waals surface area contributed by atoms with E-state index in [1.165, 1.54) is 6.07 Å². The van der Waals surface area contributed by atoms with Crippen LogP contribution >= 0.6 is 0 Å². The van der Waals surface area contributed by atoms with E-state index >= 15 is 0 Å². The van der Waals surface area contributed by atoms with Crippen molar-refractivity contribution in [3.8, 4) is 11.3 Å². The Hall–Kier alpha value is -3.20. The highest BCUT2D eigenvalue weighted by Gasteiger charge is 2.28. The summed E-state index contributed by atoms with van der Waals surface area (Å²) in [7, 11) is 0. The van der Waals surface area contributed by atoms with Gasteiger partial charge in [0.15, 0.2) is 0 Å². The lowest BCUT2D eigenvalue weighted by Gasteiger charge is -2.37. The molecule has 3 atom stereocenters. The number of halogens is 1. The van der Waals surface area contributed by atoms with Gasteiger partial charge < -0.3 is 25.3 Å². The number of ether oxygens (including phenoxy) is 1. The van der Waals surface area contributed by atoms with Gasteiger partial charge in [0, 0.05) is 39.5 Å². The number of hydrogen-bond donors (Lipinski definition) is 3. The topological polar surface area (TPSA) is 99.3 Å². The Morgan fingerprint density at radius 2 is 1.90 bits per heavy atom. The molecular weight excluding hydrogens is 521 g/mol. The summed E-state index contributed by atoms with van der Waals surface area (Å²) < 4.78 is 19.9. The van der Waals surface area contributed by atoms with Crippen LogP contribution < -0.4 is 10.6 Å². The molecule has 9 heteroatoms. The van der Waals surface area contributed by atoms with Gasteiger partial charge in [0.25, 0.3) is 0 Å². The zero-order chi connectivity index (χ0) is 31.1. The Labute approximate surface area is 249 Å². The van der Waals surface area contributed by atoms with Crippen molar-refractivity contribution in [2.45, 2.75) is 99.7 Å². The molecule has 41 heavy (non-hydrogen) atoms. The predicted octanol–water partition coefficient (Wildman–Crippen LogP) is 6.79. The molecule has 2 aromatic rings. The van der Waals surface area contributed by atoms with Crippen molar-refractivity contribution < 1.29 is 21.6 Å². The number of imidazole rings is 1. The van der Waals surface area contributed by atoms with Crippen molar-refractivity contribution in [2.75, 3.05) is 19.8 Å². The number of amides is 2. The molecule has 2 heterocycles. The van der Waals surface area contributed by atoms with Crippen LogP contribution in [0.15, 0.2) is 36.7 Å². The van der Waals surface area contributed by atoms with Gasteiger partial charge in [-0.05, 0) is 50.8 Å². The van der Waals surface area contributed by atoms with Crippen LogP contribution in [-0.4, -0.2) is 58.5 Å². The Kier molecular flexibility index (Phi) is 16.0. The van der Waals surface area contributed by atoms with Gasteiger partial charge in [-0.25, -0.2) is 9.37 Å². The van der Waals surface area contributed by atoms with E-state index in [4.69, 9.17) is 4.74 Å². The SMILES string of the molecule is C=C(C[C@H](NC(=O)CCC(C)C)C(=O)N[C@@H](C)c1ncc(-c2ccc(C)cc2F)[nH]1)N1CCOC[C@@H]1C.CC.CC.[HH].[HH]. The summed E-state index contributed by atoms with van der Waals surface area (Å²) in [5.41, 5.74) is 2.55. The minimum atomic E-state index is -0.784. The van der Waals surface area contributed by atoms with E-state index in [9.17, 15) is 14.0 Å². The van der Waals surface area contributed by atoms with Gasteiger partial charge in [-0.3, -0.25) is 9.59 Å². The van der Waals surface area contributed by atoms with E-state index < -0.39 is 12.1 Å². The number of nitrogens with one attached hydrogen (secondary N) is 3. The van der Waals surface area contributed by atoms with Crippen LogP contribution in [-0.2, 0) is 14.3 Å². The monoisotopic (exact) mass is 577 g/mol. The summed E-state index contributed by atoms with van der Waals surface area (Å²) in [4.78, 5) is 35.6. The molecule has 1 aliphatic rings. The molecule has 1 fully saturated rings. The molecule has 3 rings (SSSR count). The van der Waals surface area contributed by atoms with Crippen molar-refractivity contribution >= 4 is 11.8 Å². The molecule has 0 unspecified atom stereocenters. The molecular formula is C32H56FN5O3. The van der Waals surface area contributed by atoms with Crippen LogP contribution in [0.2, 0.25) is 0 Å². The molecule has 0 bridgehead atoms. The average Bonchev–Trinajstić information content (AvgIpc) is 3.44. The van der Waals surface area contributed by atoms with E-state index in [2.05, 4.69) is 45.9 Å². The predicted molar refractivity (Wildman–Crippen MR) is 169 cm³/mol. The number of benzene rings is 1. The summed E-state index contributed by atoms with van der Waals surface area (Å²) in [5, 5.41) is 5.86. The lowest BCUT2D eigenvalue weighted by Crippen LogP contribution is -2.50. The molecule has 1 aliphatic heterocycles. The summed E-state index contributed by atoms with van der Waals surface area (Å²) in [6, 6.07) is 3.87. The number of carbonyl (C=O) groups excluding carboxylic acids is 2. The first kappa shape index (κ1) is 35.8. The summed E-state index contributed by atoms with van der Waals surface area (Å²) in [5.74, 6) is 0.0425. The number of morpholine rings is 1. The van der Waals surface area contributed by atoms with Crippen molar-refractivity contribution in [1.82, 2.24) is 25.5 Å². The van der Waals surface area contributed by atoms with E-state index in [0.717, 1.165) is 17.7 Å². The first-order valence-electron chi connectivity index (χ1n) is 15.0. The van der Waals surface area contributed by atoms with Crippen molar-refractivity contribution in [1.29, 1.82) is 0 Å². The second kappa shape index (κ2) is 18.3. The quantitative estimate of drug-likeness (QED) is 0.273. The number of carbonyl (C=O) groups is 2. The van der Waals surface area contributed by atoms with Crippen molar-refractivity contribution in [3.63, 3.8) is 0 Å². The van der Waals surface area contributed by atoms with Crippen LogP contribution in [0.1, 0.15) is 94.9 Å². The zero-order valence-electron chi connectivity index (χ0n) is 26.6. The van der Waals surface area contributed by atoms with Gasteiger partial charge in [-0.2, -0.15) is 0 Å². The Morgan fingerprint density at radius 1 is 1.22 bits per heavy atom. The second-order valence-electron chi connectivity index (χ2n) is 10.3. The van der Waals surface area contributed by atoms with E-state index in [-0.39, 0.29) is 32.9 Å². The molecule has 0 saturated carbocycles. The van der Waals surface area contributed by atoms with Gasteiger partial charge in [0.05, 0.1) is 31.1 Å². The first-order chi connectivity index (χ1) is 19.5. The third-order valence-corrected chi connectivity index (χ3v) is 6.59. The third kappa shape index (κ3) is 11.3. The van der Waals surface area contributed by atoms with Crippen molar-refractivity contribution in [2.24, 2.45) is 5.92 Å². The minimum absolute atomic E-state index is 0. The summed E-state index contributed by atoms with van der Waals surface area (Å²) >= 11 is 0. The number of aromatic amines is 1. The highest BCUT2D eigenvalue weighted by molar-refractivity contribution is 5.88. The highest BCUT2D eigenvalue weighted by Crippen LogP contribution is 2.24. The lowest BCUT2D eigenvalue weighted by molar-refractivity contribution is -0.129. The number of aromatic nitrogens is 2. The molecule has 234 valence electrons. The second-order valence-corrected chi connectivity index (χ2v) is 10.3. The van der Waals surface area contributed by atoms with Gasteiger partial charge >= 0.3 is 0 Å². The standard InChI is InChI=1S/C28H40FN5O3.2C2H6.2H2/c1-17(2)7-10-26(35)32-24(14-19(4)34-11-12-37-16-20(34)5)28(36)31-21(6)27-30-15-25(33-27)22-9-8-18(3)13-23(22)29;2*1-2;;/h8-9,13,15,17,20-21,24H,4,7,10-12,14,16H2,1-3,5-6H3,(H,30,33)(H,31,36)(H,32,35);2*1-2H3;2*1H/t20-,21-,24-;;;;/m0..../s1. The van der Waals surface area contributed by atoms with Crippen LogP contribution in [0, 0.1) is 18.7 Å². The average molecular weight is 578 g/mol. The molecule has 1 aromatic carbocycles. The molecule has 2 amide bonds. The van der Waals surface area contributed by atoms with Crippen molar-refractivity contribution in [3.05, 3.63) is 53.9 Å². The Morgan fingerprint density at radius 3 is 2.51 bits per heavy atom. The van der Waals surface area contributed by atoms with Crippen LogP contribution in [0.25, 0.3) is 11.3 Å². The van der Waals surface area contributed by atoms with Gasteiger partial charge in [0.1, 0.15) is 17.7 Å². The third-order valence-electron chi connectivity index (χ3n) is 6.59. The summed E-state index contributed by atoms with van der Waals surface area (Å²) in [6.45, 7) is 23.9. The maximum Gasteiger partial charge on any atom is 0.243 e. The van der Waals surface area contributed by atoms with E-state index in [0.29, 0.717) is 49.2 Å². The fraction of sp³-hybridized carbons (Fsp3) is 0.594. The first-order valence-corrected chi connectivity index (χ1v) is 15.0. The van der Waals surface area contributed by atoms with Gasteiger partial charge in [-0.15, -0.1) is 0 Å². The maximum atomic E-state index is 14.4. The number of hydrogen-bond acceptors (Lipinski definition) is 5. The number of H-pyrrole nitrogens is 1. The smallest absolute Gasteiger partial charge is 0.243 e. The molecule has 1 saturated heterocycles. The molecule has 3 N–H and O–H groups in total. The summed E-state index contributed by atoms with van der Waals surface area (Å²) in [6.07, 6.45) is 2.93. The Bertz CT molecular complexity index is 1110. The highest BCUT2D eigenvalue weighted by atomic mass is 19.1. The fourth-order valence-electron chi connectivity index (χ4n) is 4.36. The van der Waals surface area contributed by atoms with Crippen LogP contribution in [0.4, 0.5) is 4.39 Å². The minimum Gasteiger partial charge on any atom is -0.377 e. The maximum absolute atomic E-state index is 14.4.